The molecular weight excluding hydrogens is 334 g/mol. The molecule has 7 heteroatoms. The van der Waals surface area contributed by atoms with Gasteiger partial charge in [-0.2, -0.15) is 5.10 Å². The number of aromatic nitrogens is 2. The third kappa shape index (κ3) is 4.46. The Hall–Kier alpha value is -2.64. The van der Waals surface area contributed by atoms with Gasteiger partial charge in [0.15, 0.2) is 0 Å². The topological polar surface area (TPSA) is 62.2 Å². The van der Waals surface area contributed by atoms with Crippen LogP contribution in [0.4, 0.5) is 10.5 Å². The van der Waals surface area contributed by atoms with Gasteiger partial charge in [0.2, 0.25) is 0 Å². The number of anilines is 1. The summed E-state index contributed by atoms with van der Waals surface area (Å²) in [5.41, 5.74) is 1.62. The van der Waals surface area contributed by atoms with E-state index in [0.717, 1.165) is 11.4 Å². The highest BCUT2D eigenvalue weighted by Gasteiger charge is 2.16. The average molecular weight is 355 g/mol. The maximum Gasteiger partial charge on any atom is 0.319 e. The van der Waals surface area contributed by atoms with E-state index in [9.17, 15) is 4.79 Å². The van der Waals surface area contributed by atoms with Crippen molar-refractivity contribution in [2.75, 3.05) is 26.0 Å². The summed E-state index contributed by atoms with van der Waals surface area (Å²) in [5, 5.41) is 12.1. The number of hydrogen-bond donors (Lipinski definition) is 2. The van der Waals surface area contributed by atoms with Crippen molar-refractivity contribution in [3.05, 3.63) is 65.1 Å². The minimum atomic E-state index is -0.221. The molecule has 0 spiro atoms. The van der Waals surface area contributed by atoms with E-state index in [4.69, 9.17) is 0 Å². The summed E-state index contributed by atoms with van der Waals surface area (Å²) < 4.78 is 1.75. The van der Waals surface area contributed by atoms with Crippen LogP contribution < -0.4 is 10.6 Å². The summed E-state index contributed by atoms with van der Waals surface area (Å²) in [5.74, 6) is 0. The molecule has 3 rings (SSSR count). The number of carbonyl (C=O) groups excluding carboxylic acids is 1. The third-order valence-corrected chi connectivity index (χ3v) is 4.80. The van der Waals surface area contributed by atoms with E-state index in [0.29, 0.717) is 6.54 Å². The summed E-state index contributed by atoms with van der Waals surface area (Å²) in [6.07, 6.45) is 3.58. The second kappa shape index (κ2) is 7.96. The lowest BCUT2D eigenvalue weighted by atomic mass is 10.2. The van der Waals surface area contributed by atoms with Crippen LogP contribution in [0.3, 0.4) is 0 Å². The first kappa shape index (κ1) is 17.2. The number of nitrogens with zero attached hydrogens (tertiary/aromatic N) is 3. The zero-order valence-electron chi connectivity index (χ0n) is 14.2. The summed E-state index contributed by atoms with van der Waals surface area (Å²) in [6.45, 7) is 0.540. The number of amides is 2. The highest BCUT2D eigenvalue weighted by atomic mass is 32.1. The molecule has 0 aliphatic heterocycles. The minimum absolute atomic E-state index is 0.154. The van der Waals surface area contributed by atoms with Gasteiger partial charge in [0.1, 0.15) is 0 Å². The SMILES string of the molecule is CN(C)C(CNC(=O)Nc1cccc(-n2cccn2)c1)c1cccs1. The first-order valence-corrected chi connectivity index (χ1v) is 8.86. The van der Waals surface area contributed by atoms with Crippen molar-refractivity contribution < 1.29 is 4.79 Å². The zero-order chi connectivity index (χ0) is 17.6. The Morgan fingerprint density at radius 1 is 1.28 bits per heavy atom. The van der Waals surface area contributed by atoms with Crippen molar-refractivity contribution in [3.63, 3.8) is 0 Å². The van der Waals surface area contributed by atoms with Gasteiger partial charge in [-0.3, -0.25) is 0 Å². The number of benzene rings is 1. The predicted molar refractivity (Wildman–Crippen MR) is 101 cm³/mol. The van der Waals surface area contributed by atoms with Crippen LogP contribution in [0.25, 0.3) is 5.69 Å². The summed E-state index contributed by atoms with van der Waals surface area (Å²) >= 11 is 1.69. The Bertz CT molecular complexity index is 799. The Labute approximate surface area is 151 Å². The highest BCUT2D eigenvalue weighted by Crippen LogP contribution is 2.22. The van der Waals surface area contributed by atoms with Gasteiger partial charge in [-0.05, 0) is 49.8 Å². The number of urea groups is 1. The molecule has 6 nitrogen and oxygen atoms in total. The van der Waals surface area contributed by atoms with Gasteiger partial charge in [0.05, 0.1) is 11.7 Å². The number of thiophene rings is 1. The first-order valence-electron chi connectivity index (χ1n) is 7.98. The average Bonchev–Trinajstić information content (AvgIpc) is 3.29. The van der Waals surface area contributed by atoms with Crippen LogP contribution in [0.5, 0.6) is 0 Å². The number of rotatable bonds is 6. The molecule has 1 aromatic carbocycles. The lowest BCUT2D eigenvalue weighted by Crippen LogP contribution is -2.36. The van der Waals surface area contributed by atoms with Crippen LogP contribution in [-0.2, 0) is 0 Å². The maximum absolute atomic E-state index is 12.2. The van der Waals surface area contributed by atoms with Gasteiger partial charge in [-0.1, -0.05) is 12.1 Å². The molecule has 0 aliphatic carbocycles. The van der Waals surface area contributed by atoms with Crippen LogP contribution >= 0.6 is 11.3 Å². The molecule has 1 unspecified atom stereocenters. The smallest absolute Gasteiger partial charge is 0.319 e. The van der Waals surface area contributed by atoms with Gasteiger partial charge in [0.25, 0.3) is 0 Å². The van der Waals surface area contributed by atoms with Crippen molar-refractivity contribution >= 4 is 23.1 Å². The molecule has 2 heterocycles. The molecule has 0 saturated heterocycles. The minimum Gasteiger partial charge on any atom is -0.336 e. The van der Waals surface area contributed by atoms with Crippen molar-refractivity contribution in [1.82, 2.24) is 20.0 Å². The standard InChI is InChI=1S/C18H21N5OS/c1-22(2)16(17-8-4-11-25-17)13-19-18(24)21-14-6-3-7-15(12-14)23-10-5-9-20-23/h3-12,16H,13H2,1-2H3,(H2,19,21,24). The van der Waals surface area contributed by atoms with Gasteiger partial charge >= 0.3 is 6.03 Å². The largest absolute Gasteiger partial charge is 0.336 e. The van der Waals surface area contributed by atoms with E-state index in [1.165, 1.54) is 4.88 Å². The molecule has 2 amide bonds. The predicted octanol–water partition coefficient (Wildman–Crippen LogP) is 3.36. The highest BCUT2D eigenvalue weighted by molar-refractivity contribution is 7.10. The van der Waals surface area contributed by atoms with Crippen LogP contribution in [-0.4, -0.2) is 41.4 Å². The van der Waals surface area contributed by atoms with Crippen molar-refractivity contribution in [3.8, 4) is 5.69 Å². The molecule has 3 aromatic rings. The van der Waals surface area contributed by atoms with Gasteiger partial charge in [-0.15, -0.1) is 11.3 Å². The van der Waals surface area contributed by atoms with E-state index in [-0.39, 0.29) is 12.1 Å². The molecule has 2 N–H and O–H groups in total. The summed E-state index contributed by atoms with van der Waals surface area (Å²) in [4.78, 5) is 15.6. The number of nitrogens with one attached hydrogen (secondary N) is 2. The van der Waals surface area contributed by atoms with E-state index >= 15 is 0 Å². The van der Waals surface area contributed by atoms with E-state index in [2.05, 4.69) is 26.7 Å². The van der Waals surface area contributed by atoms with E-state index in [1.807, 2.05) is 62.1 Å². The van der Waals surface area contributed by atoms with Crippen LogP contribution in [0, 0.1) is 0 Å². The Morgan fingerprint density at radius 3 is 2.84 bits per heavy atom. The molecule has 0 saturated carbocycles. The molecular formula is C18H21N5OS. The molecule has 0 aliphatic rings. The summed E-state index contributed by atoms with van der Waals surface area (Å²) in [7, 11) is 4.02. The first-order chi connectivity index (χ1) is 12.1. The van der Waals surface area contributed by atoms with Crippen LogP contribution in [0.1, 0.15) is 10.9 Å². The molecule has 0 fully saturated rings. The Morgan fingerprint density at radius 2 is 2.16 bits per heavy atom. The third-order valence-electron chi connectivity index (χ3n) is 3.82. The lowest BCUT2D eigenvalue weighted by molar-refractivity contribution is 0.244. The number of hydrogen-bond acceptors (Lipinski definition) is 4. The van der Waals surface area contributed by atoms with Gasteiger partial charge < -0.3 is 15.5 Å². The normalized spacial score (nSPS) is 12.1. The lowest BCUT2D eigenvalue weighted by Gasteiger charge is -2.23. The van der Waals surface area contributed by atoms with Crippen LogP contribution in [0.15, 0.2) is 60.2 Å². The second-order valence-corrected chi connectivity index (χ2v) is 6.81. The van der Waals surface area contributed by atoms with E-state index in [1.54, 1.807) is 22.2 Å². The summed E-state index contributed by atoms with van der Waals surface area (Å²) in [6, 6.07) is 13.5. The second-order valence-electron chi connectivity index (χ2n) is 5.83. The van der Waals surface area contributed by atoms with E-state index < -0.39 is 0 Å². The molecule has 0 radical (unpaired) electrons. The molecule has 130 valence electrons. The van der Waals surface area contributed by atoms with Crippen molar-refractivity contribution in [1.29, 1.82) is 0 Å². The molecule has 2 aromatic heterocycles. The number of likely N-dealkylation sites (N-methyl/N-ethyl adjacent to an activating group) is 1. The Balaban J connectivity index is 1.60. The fourth-order valence-corrected chi connectivity index (χ4v) is 3.45. The Kier molecular flexibility index (Phi) is 5.47. The molecule has 25 heavy (non-hydrogen) atoms. The quantitative estimate of drug-likeness (QED) is 0.713. The van der Waals surface area contributed by atoms with Crippen LogP contribution in [0.2, 0.25) is 0 Å². The van der Waals surface area contributed by atoms with Gasteiger partial charge in [0, 0.05) is 29.5 Å². The van der Waals surface area contributed by atoms with Crippen molar-refractivity contribution in [2.45, 2.75) is 6.04 Å². The number of carbonyl (C=O) groups is 1. The monoisotopic (exact) mass is 355 g/mol. The van der Waals surface area contributed by atoms with Crippen molar-refractivity contribution in [2.24, 2.45) is 0 Å². The maximum atomic E-state index is 12.2. The fourth-order valence-electron chi connectivity index (χ4n) is 2.53. The van der Waals surface area contributed by atoms with Gasteiger partial charge in [-0.25, -0.2) is 9.48 Å². The molecule has 1 atom stereocenters. The molecule has 0 bridgehead atoms. The fraction of sp³-hybridized carbons (Fsp3) is 0.222. The zero-order valence-corrected chi connectivity index (χ0v) is 15.0.